The van der Waals surface area contributed by atoms with Gasteiger partial charge in [-0.2, -0.15) is 5.10 Å². The van der Waals surface area contributed by atoms with Crippen molar-refractivity contribution in [3.8, 4) is 5.69 Å². The van der Waals surface area contributed by atoms with Gasteiger partial charge in [-0.1, -0.05) is 78.9 Å². The van der Waals surface area contributed by atoms with Crippen molar-refractivity contribution in [2.45, 2.75) is 20.4 Å². The Labute approximate surface area is 182 Å². The van der Waals surface area contributed by atoms with E-state index in [1.807, 2.05) is 116 Å². The Morgan fingerprint density at radius 1 is 0.871 bits per heavy atom. The van der Waals surface area contributed by atoms with Gasteiger partial charge in [0.2, 0.25) is 0 Å². The lowest BCUT2D eigenvalue weighted by molar-refractivity contribution is -0.115. The predicted molar refractivity (Wildman–Crippen MR) is 126 cm³/mol. The van der Waals surface area contributed by atoms with Gasteiger partial charge in [0.1, 0.15) is 0 Å². The van der Waals surface area contributed by atoms with Crippen molar-refractivity contribution < 1.29 is 4.79 Å². The third kappa shape index (κ3) is 4.64. The molecule has 31 heavy (non-hydrogen) atoms. The smallest absolute Gasteiger partial charge is 0.252 e. The highest BCUT2D eigenvalue weighted by Gasteiger charge is 2.16. The van der Waals surface area contributed by atoms with Crippen LogP contribution in [0.1, 0.15) is 28.1 Å². The Kier molecular flexibility index (Phi) is 6.08. The summed E-state index contributed by atoms with van der Waals surface area (Å²) in [6.45, 7) is 4.43. The third-order valence-electron chi connectivity index (χ3n) is 5.31. The number of carbonyl (C=O) groups is 1. The molecule has 154 valence electrons. The van der Waals surface area contributed by atoms with Crippen molar-refractivity contribution >= 4 is 17.6 Å². The summed E-state index contributed by atoms with van der Waals surface area (Å²) in [6.07, 6.45) is 1.93. The van der Waals surface area contributed by atoms with Crippen LogP contribution in [0.25, 0.3) is 17.3 Å². The number of hydrogen-bond acceptors (Lipinski definition) is 2. The van der Waals surface area contributed by atoms with E-state index in [9.17, 15) is 4.79 Å². The maximum atomic E-state index is 13.2. The third-order valence-corrected chi connectivity index (χ3v) is 5.31. The first kappa shape index (κ1) is 20.4. The zero-order chi connectivity index (χ0) is 21.6. The van der Waals surface area contributed by atoms with Crippen LogP contribution >= 0.6 is 0 Å². The van der Waals surface area contributed by atoms with Gasteiger partial charge in [-0.25, -0.2) is 4.68 Å². The quantitative estimate of drug-likeness (QED) is 0.346. The number of carbonyl (C=O) groups excluding carboxylic acids is 1. The molecule has 0 bridgehead atoms. The molecule has 4 heteroatoms. The molecule has 4 aromatic rings. The molecule has 0 saturated carbocycles. The maximum Gasteiger partial charge on any atom is 0.252 e. The van der Waals surface area contributed by atoms with Gasteiger partial charge in [-0.05, 0) is 43.2 Å². The fraction of sp³-hybridized carbons (Fsp3) is 0.111. The Bertz CT molecular complexity index is 1190. The molecule has 0 unspecified atom stereocenters. The monoisotopic (exact) mass is 407 g/mol. The van der Waals surface area contributed by atoms with Crippen LogP contribution in [0.2, 0.25) is 0 Å². The lowest BCUT2D eigenvalue weighted by atomic mass is 10.0. The minimum absolute atomic E-state index is 0.110. The lowest BCUT2D eigenvalue weighted by Crippen LogP contribution is -2.24. The molecule has 0 aliphatic rings. The molecule has 0 aliphatic heterocycles. The molecule has 1 amide bonds. The zero-order valence-electron chi connectivity index (χ0n) is 17.7. The van der Waals surface area contributed by atoms with Crippen molar-refractivity contribution in [1.29, 1.82) is 0 Å². The molecule has 0 saturated heterocycles. The van der Waals surface area contributed by atoms with Crippen LogP contribution in [0.5, 0.6) is 0 Å². The molecular formula is C27H25N3O. The fourth-order valence-electron chi connectivity index (χ4n) is 3.63. The van der Waals surface area contributed by atoms with E-state index in [0.29, 0.717) is 12.1 Å². The Morgan fingerprint density at radius 2 is 1.45 bits per heavy atom. The largest absolute Gasteiger partial charge is 0.348 e. The lowest BCUT2D eigenvalue weighted by Gasteiger charge is -2.11. The Hall–Kier alpha value is -3.92. The Morgan fingerprint density at radius 3 is 2.10 bits per heavy atom. The normalized spacial score (nSPS) is 11.4. The molecule has 0 radical (unpaired) electrons. The van der Waals surface area contributed by atoms with E-state index in [4.69, 9.17) is 0 Å². The van der Waals surface area contributed by atoms with E-state index in [0.717, 1.165) is 33.8 Å². The first-order valence-electron chi connectivity index (χ1n) is 10.3. The van der Waals surface area contributed by atoms with E-state index in [1.165, 1.54) is 0 Å². The second-order valence-electron chi connectivity index (χ2n) is 7.41. The number of rotatable bonds is 6. The molecule has 1 heterocycles. The van der Waals surface area contributed by atoms with Crippen LogP contribution in [-0.4, -0.2) is 15.7 Å². The number of aryl methyl sites for hydroxylation is 1. The summed E-state index contributed by atoms with van der Waals surface area (Å²) in [7, 11) is 0. The summed E-state index contributed by atoms with van der Waals surface area (Å²) in [6, 6.07) is 29.7. The maximum absolute atomic E-state index is 13.2. The van der Waals surface area contributed by atoms with Gasteiger partial charge >= 0.3 is 0 Å². The van der Waals surface area contributed by atoms with E-state index in [2.05, 4.69) is 10.4 Å². The number of para-hydroxylation sites is 1. The molecule has 1 N–H and O–H groups in total. The van der Waals surface area contributed by atoms with Gasteiger partial charge in [0.15, 0.2) is 0 Å². The van der Waals surface area contributed by atoms with Gasteiger partial charge in [0, 0.05) is 23.4 Å². The molecular weight excluding hydrogens is 382 g/mol. The van der Waals surface area contributed by atoms with E-state index in [-0.39, 0.29) is 5.91 Å². The second-order valence-corrected chi connectivity index (χ2v) is 7.41. The van der Waals surface area contributed by atoms with Crippen LogP contribution in [0.3, 0.4) is 0 Å². The van der Waals surface area contributed by atoms with Gasteiger partial charge in [-0.15, -0.1) is 0 Å². The SMILES string of the molecule is Cc1nn(-c2ccccc2)c(C)c1CNC(=O)/C(=C\c1ccccc1)c1ccccc1. The average molecular weight is 408 g/mol. The topological polar surface area (TPSA) is 46.9 Å². The van der Waals surface area contributed by atoms with E-state index < -0.39 is 0 Å². The first-order chi connectivity index (χ1) is 15.1. The molecule has 0 aliphatic carbocycles. The van der Waals surface area contributed by atoms with Crippen molar-refractivity contribution in [1.82, 2.24) is 15.1 Å². The Balaban J connectivity index is 1.59. The number of nitrogens with one attached hydrogen (secondary N) is 1. The summed E-state index contributed by atoms with van der Waals surface area (Å²) in [5.74, 6) is -0.110. The predicted octanol–water partition coefficient (Wildman–Crippen LogP) is 5.35. The summed E-state index contributed by atoms with van der Waals surface area (Å²) >= 11 is 0. The van der Waals surface area contributed by atoms with Gasteiger partial charge in [0.25, 0.3) is 5.91 Å². The molecule has 0 spiro atoms. The highest BCUT2D eigenvalue weighted by atomic mass is 16.1. The van der Waals surface area contributed by atoms with Crippen LogP contribution in [0, 0.1) is 13.8 Å². The fourth-order valence-corrected chi connectivity index (χ4v) is 3.63. The summed E-state index contributed by atoms with van der Waals surface area (Å²) in [5.41, 5.74) is 6.49. The second kappa shape index (κ2) is 9.26. The van der Waals surface area contributed by atoms with Crippen LogP contribution in [0.4, 0.5) is 0 Å². The van der Waals surface area contributed by atoms with Crippen molar-refractivity contribution in [2.75, 3.05) is 0 Å². The molecule has 4 rings (SSSR count). The van der Waals surface area contributed by atoms with Crippen molar-refractivity contribution in [3.63, 3.8) is 0 Å². The van der Waals surface area contributed by atoms with Gasteiger partial charge in [0.05, 0.1) is 11.4 Å². The molecule has 4 nitrogen and oxygen atoms in total. The number of hydrogen-bond donors (Lipinski definition) is 1. The van der Waals surface area contributed by atoms with E-state index >= 15 is 0 Å². The number of aromatic nitrogens is 2. The molecule has 0 atom stereocenters. The standard InChI is InChI=1S/C27H25N3O/c1-20-26(21(2)30(29-20)24-16-10-5-11-17-24)19-28-27(31)25(23-14-8-4-9-15-23)18-22-12-6-3-7-13-22/h3-18H,19H2,1-2H3,(H,28,31)/b25-18-. The summed E-state index contributed by atoms with van der Waals surface area (Å²) in [5, 5.41) is 7.78. The zero-order valence-corrected chi connectivity index (χ0v) is 17.7. The number of benzene rings is 3. The highest BCUT2D eigenvalue weighted by Crippen LogP contribution is 2.21. The minimum Gasteiger partial charge on any atom is -0.348 e. The summed E-state index contributed by atoms with van der Waals surface area (Å²) in [4.78, 5) is 13.2. The molecule has 0 fully saturated rings. The highest BCUT2D eigenvalue weighted by molar-refractivity contribution is 6.24. The van der Waals surface area contributed by atoms with Crippen LogP contribution in [-0.2, 0) is 11.3 Å². The summed E-state index contributed by atoms with van der Waals surface area (Å²) < 4.78 is 1.93. The number of nitrogens with zero attached hydrogens (tertiary/aromatic N) is 2. The van der Waals surface area contributed by atoms with Gasteiger partial charge in [-0.3, -0.25) is 4.79 Å². The molecule has 3 aromatic carbocycles. The number of amides is 1. The van der Waals surface area contributed by atoms with Crippen molar-refractivity contribution in [2.24, 2.45) is 0 Å². The average Bonchev–Trinajstić information content (AvgIpc) is 3.11. The van der Waals surface area contributed by atoms with Crippen LogP contribution in [0.15, 0.2) is 91.0 Å². The van der Waals surface area contributed by atoms with Crippen molar-refractivity contribution in [3.05, 3.63) is 119 Å². The van der Waals surface area contributed by atoms with E-state index in [1.54, 1.807) is 0 Å². The minimum atomic E-state index is -0.110. The molecule has 1 aromatic heterocycles. The van der Waals surface area contributed by atoms with Crippen LogP contribution < -0.4 is 5.32 Å². The van der Waals surface area contributed by atoms with Gasteiger partial charge < -0.3 is 5.32 Å². The first-order valence-corrected chi connectivity index (χ1v) is 10.3.